The smallest absolute Gasteiger partial charge is 0.374 e. The van der Waals surface area contributed by atoms with Crippen molar-refractivity contribution in [2.45, 2.75) is 90.4 Å². The van der Waals surface area contributed by atoms with Crippen molar-refractivity contribution in [2.24, 2.45) is 0 Å². The first kappa shape index (κ1) is 19.8. The van der Waals surface area contributed by atoms with E-state index in [-0.39, 0.29) is 6.42 Å². The summed E-state index contributed by atoms with van der Waals surface area (Å²) in [5, 5.41) is 26.8. The van der Waals surface area contributed by atoms with Crippen LogP contribution in [0.25, 0.3) is 0 Å². The number of carbonyl (C=O) groups is 1. The van der Waals surface area contributed by atoms with Gasteiger partial charge in [0.1, 0.15) is 5.76 Å². The molecule has 4 heteroatoms. The number of hydrogen-bond donors (Lipinski definition) is 3. The molecule has 0 radical (unpaired) electrons. The minimum absolute atomic E-state index is 0.246. The minimum atomic E-state index is -1.47. The number of carboxylic acids is 1. The minimum Gasteiger partial charge on any atom is -0.508 e. The molecule has 0 spiro atoms. The molecule has 0 aliphatic carbocycles. The van der Waals surface area contributed by atoms with Crippen LogP contribution in [0.3, 0.4) is 0 Å². The van der Waals surface area contributed by atoms with Gasteiger partial charge in [-0.05, 0) is 6.42 Å². The Morgan fingerprint density at radius 2 is 1.05 bits per heavy atom. The summed E-state index contributed by atoms with van der Waals surface area (Å²) in [4.78, 5) is 10.4. The molecular weight excluding hydrogens is 268 g/mol. The van der Waals surface area contributed by atoms with Crippen molar-refractivity contribution in [3.05, 3.63) is 11.5 Å². The fourth-order valence-corrected chi connectivity index (χ4v) is 2.38. The average Bonchev–Trinajstić information content (AvgIpc) is 2.47. The van der Waals surface area contributed by atoms with E-state index in [0.717, 1.165) is 19.3 Å². The topological polar surface area (TPSA) is 77.8 Å². The molecular formula is C17H32O4. The van der Waals surface area contributed by atoms with Gasteiger partial charge in [0.2, 0.25) is 5.76 Å². The molecule has 0 amide bonds. The van der Waals surface area contributed by atoms with Crippen LogP contribution in [0, 0.1) is 0 Å². The summed E-state index contributed by atoms with van der Waals surface area (Å²) in [5.74, 6) is -2.79. The van der Waals surface area contributed by atoms with Crippen molar-refractivity contribution in [1.82, 2.24) is 0 Å². The summed E-state index contributed by atoms with van der Waals surface area (Å²) in [5.41, 5.74) is 0. The maximum Gasteiger partial charge on any atom is 0.374 e. The van der Waals surface area contributed by atoms with Crippen LogP contribution in [-0.4, -0.2) is 21.3 Å². The summed E-state index contributed by atoms with van der Waals surface area (Å²) in [6, 6.07) is 0. The van der Waals surface area contributed by atoms with Crippen LogP contribution in [-0.2, 0) is 4.79 Å². The second-order valence-electron chi connectivity index (χ2n) is 5.74. The van der Waals surface area contributed by atoms with E-state index >= 15 is 0 Å². The number of aliphatic carboxylic acids is 1. The van der Waals surface area contributed by atoms with Gasteiger partial charge in [0.25, 0.3) is 0 Å². The molecule has 0 saturated carbocycles. The van der Waals surface area contributed by atoms with Gasteiger partial charge in [-0.25, -0.2) is 4.79 Å². The monoisotopic (exact) mass is 300 g/mol. The molecule has 0 aromatic carbocycles. The molecule has 124 valence electrons. The van der Waals surface area contributed by atoms with Crippen molar-refractivity contribution in [3.63, 3.8) is 0 Å². The van der Waals surface area contributed by atoms with Gasteiger partial charge in [0.05, 0.1) is 0 Å². The Morgan fingerprint density at radius 1 is 0.667 bits per heavy atom. The van der Waals surface area contributed by atoms with Crippen LogP contribution in [0.5, 0.6) is 0 Å². The zero-order valence-electron chi connectivity index (χ0n) is 13.4. The maximum atomic E-state index is 10.4. The number of allylic oxidation sites excluding steroid dienone is 1. The number of hydrogen-bond acceptors (Lipinski definition) is 3. The van der Waals surface area contributed by atoms with Crippen LogP contribution >= 0.6 is 0 Å². The van der Waals surface area contributed by atoms with Gasteiger partial charge in [-0.2, -0.15) is 0 Å². The Kier molecular flexibility index (Phi) is 13.0. The number of aliphatic hydroxyl groups excluding tert-OH is 2. The summed E-state index contributed by atoms with van der Waals surface area (Å²) in [6.45, 7) is 2.23. The first-order valence-corrected chi connectivity index (χ1v) is 8.44. The molecule has 3 N–H and O–H groups in total. The maximum absolute atomic E-state index is 10.4. The summed E-state index contributed by atoms with van der Waals surface area (Å²) < 4.78 is 0. The van der Waals surface area contributed by atoms with Crippen molar-refractivity contribution in [1.29, 1.82) is 0 Å². The van der Waals surface area contributed by atoms with Crippen LogP contribution in [0.2, 0.25) is 0 Å². The third-order valence-corrected chi connectivity index (χ3v) is 3.74. The van der Waals surface area contributed by atoms with E-state index in [0.29, 0.717) is 0 Å². The molecule has 0 unspecified atom stereocenters. The Hall–Kier alpha value is -1.19. The van der Waals surface area contributed by atoms with Crippen molar-refractivity contribution in [3.8, 4) is 0 Å². The lowest BCUT2D eigenvalue weighted by molar-refractivity contribution is -0.135. The highest BCUT2D eigenvalue weighted by Crippen LogP contribution is 2.14. The highest BCUT2D eigenvalue weighted by Gasteiger charge is 2.10. The predicted molar refractivity (Wildman–Crippen MR) is 85.6 cm³/mol. The Labute approximate surface area is 128 Å². The third kappa shape index (κ3) is 12.3. The van der Waals surface area contributed by atoms with E-state index in [4.69, 9.17) is 10.2 Å². The molecule has 21 heavy (non-hydrogen) atoms. The van der Waals surface area contributed by atoms with Crippen molar-refractivity contribution < 1.29 is 20.1 Å². The predicted octanol–water partition coefficient (Wildman–Crippen LogP) is 5.49. The van der Waals surface area contributed by atoms with Gasteiger partial charge in [0.15, 0.2) is 0 Å². The zero-order chi connectivity index (χ0) is 15.9. The molecule has 0 aliphatic heterocycles. The number of unbranched alkanes of at least 4 members (excludes halogenated alkanes) is 11. The molecule has 0 aliphatic rings. The van der Waals surface area contributed by atoms with Gasteiger partial charge < -0.3 is 15.3 Å². The highest BCUT2D eigenvalue weighted by atomic mass is 16.4. The fourth-order valence-electron chi connectivity index (χ4n) is 2.38. The second kappa shape index (κ2) is 13.8. The van der Waals surface area contributed by atoms with Crippen LogP contribution < -0.4 is 0 Å². The molecule has 0 fully saturated rings. The van der Waals surface area contributed by atoms with E-state index in [9.17, 15) is 9.90 Å². The molecule has 0 aromatic heterocycles. The van der Waals surface area contributed by atoms with E-state index in [1.165, 1.54) is 57.8 Å². The van der Waals surface area contributed by atoms with Crippen LogP contribution in [0.4, 0.5) is 0 Å². The number of aliphatic hydroxyl groups is 2. The third-order valence-electron chi connectivity index (χ3n) is 3.74. The highest BCUT2D eigenvalue weighted by molar-refractivity contribution is 5.84. The van der Waals surface area contributed by atoms with Gasteiger partial charge in [-0.15, -0.1) is 0 Å². The zero-order valence-corrected chi connectivity index (χ0v) is 13.4. The summed E-state index contributed by atoms with van der Waals surface area (Å²) >= 11 is 0. The van der Waals surface area contributed by atoms with Gasteiger partial charge in [-0.3, -0.25) is 0 Å². The quantitative estimate of drug-likeness (QED) is 0.225. The molecule has 0 heterocycles. The van der Waals surface area contributed by atoms with Gasteiger partial charge >= 0.3 is 5.97 Å². The molecule has 0 rings (SSSR count). The molecule has 0 aromatic rings. The second-order valence-corrected chi connectivity index (χ2v) is 5.74. The first-order chi connectivity index (χ1) is 10.1. The number of carboxylic acid groups (broad SMARTS) is 1. The largest absolute Gasteiger partial charge is 0.508 e. The van der Waals surface area contributed by atoms with E-state index in [1.54, 1.807) is 0 Å². The lowest BCUT2D eigenvalue weighted by Gasteiger charge is -2.03. The van der Waals surface area contributed by atoms with E-state index in [1.807, 2.05) is 0 Å². The number of rotatable bonds is 14. The standard InChI is InChI=1S/C17H32O4/c1-2-3-4-5-6-7-8-9-10-11-12-13-14-15(18)16(19)17(20)21/h18-19H,2-14H2,1H3,(H,20,21). The van der Waals surface area contributed by atoms with Crippen molar-refractivity contribution >= 4 is 5.97 Å². The SMILES string of the molecule is CCCCCCCCCCCCCCC(O)=C(O)C(=O)O. The first-order valence-electron chi connectivity index (χ1n) is 8.44. The van der Waals surface area contributed by atoms with Gasteiger partial charge in [0, 0.05) is 6.42 Å². The van der Waals surface area contributed by atoms with Gasteiger partial charge in [-0.1, -0.05) is 77.6 Å². The van der Waals surface area contributed by atoms with Crippen molar-refractivity contribution in [2.75, 3.05) is 0 Å². The lowest BCUT2D eigenvalue weighted by Crippen LogP contribution is -2.03. The molecule has 0 bridgehead atoms. The van der Waals surface area contributed by atoms with E-state index < -0.39 is 17.5 Å². The Balaban J connectivity index is 3.30. The molecule has 4 nitrogen and oxygen atoms in total. The Bertz CT molecular complexity index is 297. The Morgan fingerprint density at radius 3 is 1.43 bits per heavy atom. The van der Waals surface area contributed by atoms with Crippen LogP contribution in [0.1, 0.15) is 90.4 Å². The van der Waals surface area contributed by atoms with Crippen LogP contribution in [0.15, 0.2) is 11.5 Å². The van der Waals surface area contributed by atoms with E-state index in [2.05, 4.69) is 6.92 Å². The lowest BCUT2D eigenvalue weighted by atomic mass is 10.0. The molecule has 0 saturated heterocycles. The average molecular weight is 300 g/mol. The summed E-state index contributed by atoms with van der Waals surface area (Å²) in [7, 11) is 0. The normalized spacial score (nSPS) is 12.2. The summed E-state index contributed by atoms with van der Waals surface area (Å²) in [6.07, 6.45) is 14.9. The molecule has 0 atom stereocenters. The fraction of sp³-hybridized carbons (Fsp3) is 0.824.